The highest BCUT2D eigenvalue weighted by atomic mass is 16.4. The zero-order chi connectivity index (χ0) is 18.1. The first-order valence-corrected chi connectivity index (χ1v) is 7.52. The van der Waals surface area contributed by atoms with Crippen LogP contribution in [0.1, 0.15) is 15.9 Å². The molecule has 0 saturated carbocycles. The Kier molecular flexibility index (Phi) is 4.16. The smallest absolute Gasteiger partial charge is 0.335 e. The Hall–Kier alpha value is -3.32. The molecule has 0 bridgehead atoms. The zero-order valence-electron chi connectivity index (χ0n) is 13.1. The van der Waals surface area contributed by atoms with Gasteiger partial charge in [-0.3, -0.25) is 4.79 Å². The fraction of sp³-hybridized carbons (Fsp3) is 0.111. The summed E-state index contributed by atoms with van der Waals surface area (Å²) in [7, 11) is 0. The first kappa shape index (κ1) is 16.5. The summed E-state index contributed by atoms with van der Waals surface area (Å²) in [5, 5.41) is 28.6. The third kappa shape index (κ3) is 3.17. The molecule has 3 rings (SSSR count). The van der Waals surface area contributed by atoms with E-state index in [0.717, 1.165) is 10.9 Å². The van der Waals surface area contributed by atoms with E-state index in [4.69, 9.17) is 15.9 Å². The lowest BCUT2D eigenvalue weighted by Gasteiger charge is -2.06. The van der Waals surface area contributed by atoms with Gasteiger partial charge in [-0.25, -0.2) is 4.79 Å². The summed E-state index contributed by atoms with van der Waals surface area (Å²) in [5.74, 6) is -2.04. The number of aliphatic carboxylic acids is 1. The van der Waals surface area contributed by atoms with E-state index >= 15 is 0 Å². The Morgan fingerprint density at radius 3 is 2.36 bits per heavy atom. The summed E-state index contributed by atoms with van der Waals surface area (Å²) in [6.45, 7) is 0. The number of nitrogens with zero attached hydrogens (tertiary/aromatic N) is 1. The highest BCUT2D eigenvalue weighted by Gasteiger charge is 2.17. The number of aromatic nitrogens is 1. The molecule has 2 aromatic carbocycles. The van der Waals surface area contributed by atoms with Gasteiger partial charge in [0.25, 0.3) is 0 Å². The van der Waals surface area contributed by atoms with Gasteiger partial charge in [-0.2, -0.15) is 0 Å². The van der Waals surface area contributed by atoms with Crippen LogP contribution in [0.25, 0.3) is 16.6 Å². The predicted octanol–water partition coefficient (Wildman–Crippen LogP) is 1.99. The van der Waals surface area contributed by atoms with Crippen molar-refractivity contribution < 1.29 is 24.9 Å². The van der Waals surface area contributed by atoms with Crippen molar-refractivity contribution in [1.82, 2.24) is 4.57 Å². The van der Waals surface area contributed by atoms with Crippen LogP contribution in [0.4, 0.5) is 0 Å². The summed E-state index contributed by atoms with van der Waals surface area (Å²) >= 11 is 0. The van der Waals surface area contributed by atoms with Gasteiger partial charge in [0.2, 0.25) is 0 Å². The number of hydrogen-bond acceptors (Lipinski definition) is 4. The van der Waals surface area contributed by atoms with Gasteiger partial charge < -0.3 is 25.6 Å². The second-order valence-corrected chi connectivity index (χ2v) is 5.73. The first-order chi connectivity index (χ1) is 11.9. The minimum atomic E-state index is -1.09. The van der Waals surface area contributed by atoms with Gasteiger partial charge in [0.1, 0.15) is 11.8 Å². The lowest BCUT2D eigenvalue weighted by atomic mass is 10.1. The maximum absolute atomic E-state index is 11.0. The van der Waals surface area contributed by atoms with Crippen LogP contribution in [0.5, 0.6) is 5.75 Å². The number of nitrogens with two attached hydrogens (primary N) is 1. The molecule has 25 heavy (non-hydrogen) atoms. The van der Waals surface area contributed by atoms with Gasteiger partial charge in [-0.05, 0) is 42.0 Å². The van der Waals surface area contributed by atoms with Crippen molar-refractivity contribution in [2.75, 3.05) is 0 Å². The van der Waals surface area contributed by atoms with Crippen molar-refractivity contribution in [2.24, 2.45) is 5.73 Å². The van der Waals surface area contributed by atoms with E-state index in [0.29, 0.717) is 11.2 Å². The van der Waals surface area contributed by atoms with Crippen LogP contribution >= 0.6 is 0 Å². The fourth-order valence-electron chi connectivity index (χ4n) is 2.75. The summed E-state index contributed by atoms with van der Waals surface area (Å²) in [6.07, 6.45) is 1.89. The molecule has 0 aliphatic heterocycles. The zero-order valence-corrected chi connectivity index (χ0v) is 13.1. The molecule has 128 valence electrons. The molecular formula is C18H16N2O5. The number of carboxylic acids is 2. The second kappa shape index (κ2) is 6.29. The summed E-state index contributed by atoms with van der Waals surface area (Å²) in [6, 6.07) is 10.0. The van der Waals surface area contributed by atoms with Crippen LogP contribution in [-0.4, -0.2) is 37.9 Å². The number of phenols is 1. The van der Waals surface area contributed by atoms with Gasteiger partial charge in [0.05, 0.1) is 11.1 Å². The van der Waals surface area contributed by atoms with E-state index in [1.807, 2.05) is 0 Å². The molecule has 0 amide bonds. The molecule has 0 saturated heterocycles. The monoisotopic (exact) mass is 340 g/mol. The molecule has 1 atom stereocenters. The van der Waals surface area contributed by atoms with E-state index in [-0.39, 0.29) is 17.7 Å². The van der Waals surface area contributed by atoms with E-state index in [2.05, 4.69) is 0 Å². The van der Waals surface area contributed by atoms with Crippen molar-refractivity contribution >= 4 is 22.8 Å². The molecule has 7 heteroatoms. The van der Waals surface area contributed by atoms with Crippen LogP contribution in [0.2, 0.25) is 0 Å². The average molecular weight is 340 g/mol. The van der Waals surface area contributed by atoms with Crippen molar-refractivity contribution in [3.05, 3.63) is 59.8 Å². The molecule has 7 nitrogen and oxygen atoms in total. The maximum Gasteiger partial charge on any atom is 0.335 e. The van der Waals surface area contributed by atoms with Crippen LogP contribution in [0.15, 0.2) is 48.7 Å². The molecule has 0 spiro atoms. The molecule has 0 fully saturated rings. The molecule has 1 heterocycles. The highest BCUT2D eigenvalue weighted by Crippen LogP contribution is 2.29. The topological polar surface area (TPSA) is 126 Å². The first-order valence-electron chi connectivity index (χ1n) is 7.52. The lowest BCUT2D eigenvalue weighted by Crippen LogP contribution is -2.32. The standard InChI is InChI=1S/C18H16N2O5/c19-15(18(24)25)7-11-9-20(16-8-13(21)5-6-14(11)16)12-3-1-10(2-4-12)17(22)23/h1-6,8-9,15,21H,7,19H2,(H,22,23)(H,24,25)/t15-/m0/s1. The van der Waals surface area contributed by atoms with Crippen molar-refractivity contribution in [3.8, 4) is 11.4 Å². The second-order valence-electron chi connectivity index (χ2n) is 5.73. The van der Waals surface area contributed by atoms with Crippen molar-refractivity contribution in [3.63, 3.8) is 0 Å². The number of aromatic hydroxyl groups is 1. The Balaban J connectivity index is 2.12. The molecule has 1 aromatic heterocycles. The maximum atomic E-state index is 11.0. The minimum Gasteiger partial charge on any atom is -0.508 e. The average Bonchev–Trinajstić information content (AvgIpc) is 2.92. The fourth-order valence-corrected chi connectivity index (χ4v) is 2.75. The van der Waals surface area contributed by atoms with Crippen molar-refractivity contribution in [1.29, 1.82) is 0 Å². The molecule has 5 N–H and O–H groups in total. The quantitative estimate of drug-likeness (QED) is 0.563. The van der Waals surface area contributed by atoms with E-state index in [1.54, 1.807) is 35.0 Å². The molecule has 0 aliphatic rings. The minimum absolute atomic E-state index is 0.0723. The Labute approximate surface area is 142 Å². The van der Waals surface area contributed by atoms with Crippen LogP contribution < -0.4 is 5.73 Å². The molecule has 0 unspecified atom stereocenters. The van der Waals surface area contributed by atoms with Gasteiger partial charge in [-0.15, -0.1) is 0 Å². The third-order valence-corrected chi connectivity index (χ3v) is 4.02. The van der Waals surface area contributed by atoms with Gasteiger partial charge >= 0.3 is 11.9 Å². The molecule has 3 aromatic rings. The lowest BCUT2D eigenvalue weighted by molar-refractivity contribution is -0.138. The Morgan fingerprint density at radius 2 is 1.76 bits per heavy atom. The van der Waals surface area contributed by atoms with Gasteiger partial charge in [-0.1, -0.05) is 0 Å². The molecule has 0 aliphatic carbocycles. The van der Waals surface area contributed by atoms with Crippen LogP contribution in [-0.2, 0) is 11.2 Å². The van der Waals surface area contributed by atoms with Gasteiger partial charge in [0, 0.05) is 29.8 Å². The third-order valence-electron chi connectivity index (χ3n) is 4.02. The summed E-state index contributed by atoms with van der Waals surface area (Å²) in [4.78, 5) is 22.0. The van der Waals surface area contributed by atoms with E-state index in [9.17, 15) is 14.7 Å². The molecular weight excluding hydrogens is 324 g/mol. The Morgan fingerprint density at radius 1 is 1.08 bits per heavy atom. The number of phenolic OH excluding ortho intramolecular Hbond substituents is 1. The number of benzene rings is 2. The normalized spacial score (nSPS) is 12.2. The van der Waals surface area contributed by atoms with Gasteiger partial charge in [0.15, 0.2) is 0 Å². The van der Waals surface area contributed by atoms with E-state index < -0.39 is 18.0 Å². The van der Waals surface area contributed by atoms with Crippen molar-refractivity contribution in [2.45, 2.75) is 12.5 Å². The summed E-state index contributed by atoms with van der Waals surface area (Å²) < 4.78 is 1.77. The highest BCUT2D eigenvalue weighted by molar-refractivity contribution is 5.89. The predicted molar refractivity (Wildman–Crippen MR) is 91.2 cm³/mol. The Bertz CT molecular complexity index is 960. The number of aromatic carboxylic acids is 1. The SMILES string of the molecule is N[C@@H](Cc1cn(-c2ccc(C(=O)O)cc2)c2cc(O)ccc12)C(=O)O. The van der Waals surface area contributed by atoms with Crippen LogP contribution in [0.3, 0.4) is 0 Å². The number of fused-ring (bicyclic) bond motifs is 1. The number of hydrogen-bond donors (Lipinski definition) is 4. The molecule has 0 radical (unpaired) electrons. The van der Waals surface area contributed by atoms with Crippen LogP contribution in [0, 0.1) is 0 Å². The largest absolute Gasteiger partial charge is 0.508 e. The number of rotatable bonds is 5. The van der Waals surface area contributed by atoms with E-state index in [1.165, 1.54) is 18.2 Å². The number of carbonyl (C=O) groups is 2. The number of carboxylic acid groups (broad SMARTS) is 2. The summed E-state index contributed by atoms with van der Waals surface area (Å²) in [5.41, 5.74) is 7.91.